The Kier molecular flexibility index (Phi) is 10.1. The standard InChI is InChI=1S/C30H35N5O.C2HF3O2/c1-2-7-29-28(6-1)31-30(32-29)26-10-8-25(9-11-26)27-5-3-4-24(22-27)23-35-16-14-33(15-17-35)12-13-34-18-20-36-21-19-34;3-2(4,5)1(6)7/h1-11,22H,12-21,23H2,(H,31,32);(H,6,7). The van der Waals surface area contributed by atoms with Gasteiger partial charge in [0.2, 0.25) is 0 Å². The maximum absolute atomic E-state index is 10.6. The number of aromatic amines is 1. The third-order valence-electron chi connectivity index (χ3n) is 7.76. The average molecular weight is 596 g/mol. The lowest BCUT2D eigenvalue weighted by Gasteiger charge is -2.36. The monoisotopic (exact) mass is 595 g/mol. The second kappa shape index (κ2) is 14.1. The first-order chi connectivity index (χ1) is 20.7. The molecule has 2 aliphatic rings. The molecule has 0 spiro atoms. The highest BCUT2D eigenvalue weighted by atomic mass is 19.4. The van der Waals surface area contributed by atoms with E-state index in [1.54, 1.807) is 0 Å². The predicted octanol–water partition coefficient (Wildman–Crippen LogP) is 4.98. The number of ether oxygens (including phenoxy) is 1. The molecule has 2 fully saturated rings. The van der Waals surface area contributed by atoms with Crippen LogP contribution in [0.5, 0.6) is 0 Å². The summed E-state index contributed by atoms with van der Waals surface area (Å²) in [6, 6.07) is 25.9. The number of rotatable bonds is 7. The number of imidazole rings is 1. The lowest BCUT2D eigenvalue weighted by Crippen LogP contribution is -2.49. The molecule has 8 nitrogen and oxygen atoms in total. The highest BCUT2D eigenvalue weighted by molar-refractivity contribution is 5.79. The molecule has 3 aromatic carbocycles. The first-order valence-corrected chi connectivity index (χ1v) is 14.4. The minimum atomic E-state index is -5.08. The van der Waals surface area contributed by atoms with Crippen molar-refractivity contribution in [2.75, 3.05) is 65.6 Å². The number of morpholine rings is 1. The molecule has 0 amide bonds. The predicted molar refractivity (Wildman–Crippen MR) is 160 cm³/mol. The van der Waals surface area contributed by atoms with Gasteiger partial charge in [-0.3, -0.25) is 14.7 Å². The number of carboxylic acid groups (broad SMARTS) is 1. The first-order valence-electron chi connectivity index (χ1n) is 14.4. The summed E-state index contributed by atoms with van der Waals surface area (Å²) in [6.07, 6.45) is -5.08. The van der Waals surface area contributed by atoms with Crippen molar-refractivity contribution in [3.05, 3.63) is 78.4 Å². The maximum Gasteiger partial charge on any atom is 0.490 e. The molecule has 3 heterocycles. The number of para-hydroxylation sites is 2. The van der Waals surface area contributed by atoms with E-state index in [0.29, 0.717) is 0 Å². The van der Waals surface area contributed by atoms with Crippen LogP contribution in [0.2, 0.25) is 0 Å². The van der Waals surface area contributed by atoms with Crippen LogP contribution in [0.1, 0.15) is 5.56 Å². The van der Waals surface area contributed by atoms with Gasteiger partial charge < -0.3 is 14.8 Å². The summed E-state index contributed by atoms with van der Waals surface area (Å²) in [5, 5.41) is 7.12. The molecule has 0 atom stereocenters. The molecular formula is C32H36F3N5O3. The van der Waals surface area contributed by atoms with E-state index < -0.39 is 12.1 Å². The number of aliphatic carboxylic acids is 1. The van der Waals surface area contributed by atoms with E-state index in [2.05, 4.69) is 74.3 Å². The average Bonchev–Trinajstić information content (AvgIpc) is 3.46. The van der Waals surface area contributed by atoms with E-state index in [1.807, 2.05) is 18.2 Å². The van der Waals surface area contributed by atoms with Crippen molar-refractivity contribution in [3.63, 3.8) is 0 Å². The number of fused-ring (bicyclic) bond motifs is 1. The van der Waals surface area contributed by atoms with Crippen LogP contribution in [0.4, 0.5) is 13.2 Å². The summed E-state index contributed by atoms with van der Waals surface area (Å²) in [5.41, 5.74) is 7.08. The van der Waals surface area contributed by atoms with Gasteiger partial charge in [-0.1, -0.05) is 54.6 Å². The Morgan fingerprint density at radius 1 is 0.791 bits per heavy atom. The Bertz CT molecular complexity index is 1440. The van der Waals surface area contributed by atoms with E-state index in [1.165, 1.54) is 29.8 Å². The molecule has 228 valence electrons. The first kappa shape index (κ1) is 30.7. The molecule has 0 saturated carbocycles. The third kappa shape index (κ3) is 8.64. The van der Waals surface area contributed by atoms with Gasteiger partial charge in [-0.25, -0.2) is 9.78 Å². The maximum atomic E-state index is 10.6. The van der Waals surface area contributed by atoms with Crippen molar-refractivity contribution in [1.29, 1.82) is 0 Å². The van der Waals surface area contributed by atoms with Gasteiger partial charge in [0.1, 0.15) is 5.82 Å². The summed E-state index contributed by atoms with van der Waals surface area (Å²) < 4.78 is 37.2. The zero-order valence-electron chi connectivity index (χ0n) is 23.9. The Labute approximate surface area is 248 Å². The van der Waals surface area contributed by atoms with Gasteiger partial charge in [0.05, 0.1) is 24.2 Å². The molecular weight excluding hydrogens is 559 g/mol. The third-order valence-corrected chi connectivity index (χ3v) is 7.76. The summed E-state index contributed by atoms with van der Waals surface area (Å²) in [5.74, 6) is -1.84. The van der Waals surface area contributed by atoms with E-state index in [4.69, 9.17) is 19.6 Å². The van der Waals surface area contributed by atoms with Crippen molar-refractivity contribution < 1.29 is 27.8 Å². The van der Waals surface area contributed by atoms with Crippen molar-refractivity contribution in [3.8, 4) is 22.5 Å². The van der Waals surface area contributed by atoms with Gasteiger partial charge in [0, 0.05) is 64.5 Å². The number of carboxylic acids is 1. The van der Waals surface area contributed by atoms with Crippen LogP contribution in [-0.4, -0.2) is 107 Å². The molecule has 0 radical (unpaired) electrons. The molecule has 1 aromatic heterocycles. The van der Waals surface area contributed by atoms with Gasteiger partial charge in [0.15, 0.2) is 0 Å². The Morgan fingerprint density at radius 3 is 2.05 bits per heavy atom. The SMILES string of the molecule is O=C(O)C(F)(F)F.c1cc(CN2CCN(CCN3CCOCC3)CC2)cc(-c2ccc(-c3nc4ccccc4[nH]3)cc2)c1. The lowest BCUT2D eigenvalue weighted by atomic mass is 10.0. The summed E-state index contributed by atoms with van der Waals surface area (Å²) in [4.78, 5) is 24.8. The fourth-order valence-electron chi connectivity index (χ4n) is 5.30. The molecule has 0 aliphatic carbocycles. The number of benzene rings is 3. The van der Waals surface area contributed by atoms with Crippen LogP contribution < -0.4 is 0 Å². The van der Waals surface area contributed by atoms with Crippen LogP contribution in [0.3, 0.4) is 0 Å². The second-order valence-corrected chi connectivity index (χ2v) is 10.8. The normalized spacial score (nSPS) is 17.0. The summed E-state index contributed by atoms with van der Waals surface area (Å²) in [7, 11) is 0. The van der Waals surface area contributed by atoms with Crippen LogP contribution in [-0.2, 0) is 16.1 Å². The largest absolute Gasteiger partial charge is 0.490 e. The molecule has 2 saturated heterocycles. The highest BCUT2D eigenvalue weighted by Gasteiger charge is 2.38. The van der Waals surface area contributed by atoms with Gasteiger partial charge in [-0.05, 0) is 34.9 Å². The minimum absolute atomic E-state index is 0.887. The van der Waals surface area contributed by atoms with E-state index in [9.17, 15) is 13.2 Å². The van der Waals surface area contributed by atoms with Gasteiger partial charge >= 0.3 is 12.1 Å². The van der Waals surface area contributed by atoms with Crippen molar-refractivity contribution in [1.82, 2.24) is 24.7 Å². The van der Waals surface area contributed by atoms with Gasteiger partial charge in [0.25, 0.3) is 0 Å². The van der Waals surface area contributed by atoms with E-state index >= 15 is 0 Å². The Balaban J connectivity index is 0.000000472. The van der Waals surface area contributed by atoms with Crippen LogP contribution in [0, 0.1) is 0 Å². The van der Waals surface area contributed by atoms with E-state index in [0.717, 1.165) is 81.4 Å². The van der Waals surface area contributed by atoms with Crippen molar-refractivity contribution >= 4 is 17.0 Å². The Hall–Kier alpha value is -3.77. The number of nitrogens with zero attached hydrogens (tertiary/aromatic N) is 4. The van der Waals surface area contributed by atoms with Crippen LogP contribution in [0.25, 0.3) is 33.5 Å². The van der Waals surface area contributed by atoms with Crippen LogP contribution >= 0.6 is 0 Å². The van der Waals surface area contributed by atoms with Crippen LogP contribution in [0.15, 0.2) is 72.8 Å². The van der Waals surface area contributed by atoms with Crippen molar-refractivity contribution in [2.45, 2.75) is 12.7 Å². The number of hydrogen-bond donors (Lipinski definition) is 2. The number of hydrogen-bond acceptors (Lipinski definition) is 6. The minimum Gasteiger partial charge on any atom is -0.475 e. The molecule has 0 unspecified atom stereocenters. The number of aromatic nitrogens is 2. The highest BCUT2D eigenvalue weighted by Crippen LogP contribution is 2.26. The van der Waals surface area contributed by atoms with Gasteiger partial charge in [-0.2, -0.15) is 13.2 Å². The number of nitrogens with one attached hydrogen (secondary N) is 1. The lowest BCUT2D eigenvalue weighted by molar-refractivity contribution is -0.192. The molecule has 4 aromatic rings. The molecule has 2 N–H and O–H groups in total. The quantitative estimate of drug-likeness (QED) is 0.312. The number of halogens is 3. The Morgan fingerprint density at radius 2 is 1.40 bits per heavy atom. The number of alkyl halides is 3. The molecule has 2 aliphatic heterocycles. The fraction of sp³-hybridized carbons (Fsp3) is 0.375. The number of piperazine rings is 1. The van der Waals surface area contributed by atoms with E-state index in [-0.39, 0.29) is 0 Å². The molecule has 11 heteroatoms. The summed E-state index contributed by atoms with van der Waals surface area (Å²) in [6.45, 7) is 11.9. The zero-order valence-corrected chi connectivity index (χ0v) is 23.9. The molecule has 0 bridgehead atoms. The fourth-order valence-corrected chi connectivity index (χ4v) is 5.30. The second-order valence-electron chi connectivity index (χ2n) is 10.8. The molecule has 6 rings (SSSR count). The van der Waals surface area contributed by atoms with Gasteiger partial charge in [-0.15, -0.1) is 0 Å². The van der Waals surface area contributed by atoms with Crippen molar-refractivity contribution in [2.24, 2.45) is 0 Å². The number of carbonyl (C=O) groups is 1. The zero-order chi connectivity index (χ0) is 30.2. The molecule has 43 heavy (non-hydrogen) atoms. The number of H-pyrrole nitrogens is 1. The topological polar surface area (TPSA) is 84.9 Å². The smallest absolute Gasteiger partial charge is 0.475 e. The summed E-state index contributed by atoms with van der Waals surface area (Å²) >= 11 is 0.